The van der Waals surface area contributed by atoms with E-state index < -0.39 is 0 Å². The lowest BCUT2D eigenvalue weighted by atomic mass is 10.1. The Bertz CT molecular complexity index is 362. The number of hydrogen-bond donors (Lipinski definition) is 1. The van der Waals surface area contributed by atoms with Crippen molar-refractivity contribution in [3.63, 3.8) is 0 Å². The Morgan fingerprint density at radius 1 is 1.47 bits per heavy atom. The van der Waals surface area contributed by atoms with Crippen LogP contribution in [0, 0.1) is 0 Å². The van der Waals surface area contributed by atoms with Crippen molar-refractivity contribution < 1.29 is 0 Å². The molecule has 4 nitrogen and oxygen atoms in total. The second kappa shape index (κ2) is 8.01. The molecule has 1 heterocycles. The summed E-state index contributed by atoms with van der Waals surface area (Å²) in [5.41, 5.74) is 0.0390. The van der Waals surface area contributed by atoms with E-state index in [0.29, 0.717) is 6.04 Å². The van der Waals surface area contributed by atoms with E-state index in [4.69, 9.17) is 0 Å². The summed E-state index contributed by atoms with van der Waals surface area (Å²) in [6.07, 6.45) is 7.66. The van der Waals surface area contributed by atoms with Crippen LogP contribution in [0.15, 0.2) is 23.4 Å². The minimum atomic E-state index is 0.0390. The van der Waals surface area contributed by atoms with E-state index in [1.165, 1.54) is 18.7 Å². The maximum atomic E-state index is 11.4. The molecule has 1 aromatic rings. The number of rotatable bonds is 8. The molecule has 0 aliphatic carbocycles. The SMILES string of the molecule is CCCNC(C)CCCCn1cnccc1=O. The molecule has 0 fully saturated rings. The van der Waals surface area contributed by atoms with E-state index >= 15 is 0 Å². The van der Waals surface area contributed by atoms with Crippen molar-refractivity contribution in [3.8, 4) is 0 Å². The first-order valence-corrected chi connectivity index (χ1v) is 6.48. The molecule has 0 spiro atoms. The van der Waals surface area contributed by atoms with Crippen LogP contribution in [-0.2, 0) is 6.54 Å². The fourth-order valence-electron chi connectivity index (χ4n) is 1.77. The Hall–Kier alpha value is -1.16. The molecule has 1 rings (SSSR count). The molecule has 1 atom stereocenters. The topological polar surface area (TPSA) is 46.9 Å². The van der Waals surface area contributed by atoms with Gasteiger partial charge in [0, 0.05) is 24.8 Å². The van der Waals surface area contributed by atoms with E-state index in [-0.39, 0.29) is 5.56 Å². The summed E-state index contributed by atoms with van der Waals surface area (Å²) in [6, 6.07) is 2.08. The lowest BCUT2D eigenvalue weighted by Gasteiger charge is -2.12. The first-order valence-electron chi connectivity index (χ1n) is 6.48. The number of nitrogens with one attached hydrogen (secondary N) is 1. The van der Waals surface area contributed by atoms with Crippen molar-refractivity contribution in [1.29, 1.82) is 0 Å². The smallest absolute Gasteiger partial charge is 0.253 e. The standard InChI is InChI=1S/C13H23N3O/c1-3-8-15-12(2)6-4-5-10-16-11-14-9-7-13(16)17/h7,9,11-12,15H,3-6,8,10H2,1-2H3. The fourth-order valence-corrected chi connectivity index (χ4v) is 1.77. The molecule has 0 aliphatic heterocycles. The summed E-state index contributed by atoms with van der Waals surface area (Å²) in [4.78, 5) is 15.3. The largest absolute Gasteiger partial charge is 0.314 e. The van der Waals surface area contributed by atoms with Crippen LogP contribution in [0.5, 0.6) is 0 Å². The van der Waals surface area contributed by atoms with Gasteiger partial charge in [-0.1, -0.05) is 13.3 Å². The first-order chi connectivity index (χ1) is 8.24. The van der Waals surface area contributed by atoms with E-state index in [2.05, 4.69) is 24.1 Å². The zero-order valence-corrected chi connectivity index (χ0v) is 10.9. The second-order valence-corrected chi connectivity index (χ2v) is 4.46. The van der Waals surface area contributed by atoms with Crippen LogP contribution >= 0.6 is 0 Å². The molecule has 0 aliphatic rings. The number of hydrogen-bond acceptors (Lipinski definition) is 3. The zero-order chi connectivity index (χ0) is 12.5. The van der Waals surface area contributed by atoms with Crippen LogP contribution in [0.2, 0.25) is 0 Å². The monoisotopic (exact) mass is 237 g/mol. The molecule has 96 valence electrons. The van der Waals surface area contributed by atoms with Crippen molar-refractivity contribution in [2.24, 2.45) is 0 Å². The van der Waals surface area contributed by atoms with E-state index in [1.54, 1.807) is 10.9 Å². The van der Waals surface area contributed by atoms with Gasteiger partial charge in [0.25, 0.3) is 5.56 Å². The Balaban J connectivity index is 2.16. The van der Waals surface area contributed by atoms with E-state index in [9.17, 15) is 4.79 Å². The zero-order valence-electron chi connectivity index (χ0n) is 10.9. The molecule has 1 unspecified atom stereocenters. The van der Waals surface area contributed by atoms with Crippen molar-refractivity contribution in [3.05, 3.63) is 28.9 Å². The number of aryl methyl sites for hydroxylation is 1. The highest BCUT2D eigenvalue weighted by Crippen LogP contribution is 2.01. The molecule has 17 heavy (non-hydrogen) atoms. The van der Waals surface area contributed by atoms with Crippen LogP contribution in [0.4, 0.5) is 0 Å². The van der Waals surface area contributed by atoms with Crippen LogP contribution in [0.25, 0.3) is 0 Å². The summed E-state index contributed by atoms with van der Waals surface area (Å²) >= 11 is 0. The average Bonchev–Trinajstić information content (AvgIpc) is 2.34. The average molecular weight is 237 g/mol. The van der Waals surface area contributed by atoms with Crippen LogP contribution in [-0.4, -0.2) is 22.1 Å². The van der Waals surface area contributed by atoms with Crippen molar-refractivity contribution >= 4 is 0 Å². The van der Waals surface area contributed by atoms with Crippen molar-refractivity contribution in [1.82, 2.24) is 14.9 Å². The third-order valence-corrected chi connectivity index (χ3v) is 2.82. The fraction of sp³-hybridized carbons (Fsp3) is 0.692. The Morgan fingerprint density at radius 3 is 3.00 bits per heavy atom. The van der Waals surface area contributed by atoms with E-state index in [1.807, 2.05) is 0 Å². The van der Waals surface area contributed by atoms with Gasteiger partial charge >= 0.3 is 0 Å². The molecule has 0 saturated carbocycles. The summed E-state index contributed by atoms with van der Waals surface area (Å²) in [6.45, 7) is 6.25. The molecule has 0 aromatic carbocycles. The highest BCUT2D eigenvalue weighted by atomic mass is 16.1. The summed E-state index contributed by atoms with van der Waals surface area (Å²) in [5, 5.41) is 3.46. The third-order valence-electron chi connectivity index (χ3n) is 2.82. The van der Waals surface area contributed by atoms with Gasteiger partial charge in [-0.2, -0.15) is 0 Å². The Kier molecular flexibility index (Phi) is 6.55. The minimum Gasteiger partial charge on any atom is -0.314 e. The normalized spacial score (nSPS) is 12.6. The van der Waals surface area contributed by atoms with Gasteiger partial charge in [-0.25, -0.2) is 4.98 Å². The maximum absolute atomic E-state index is 11.4. The molecular formula is C13H23N3O. The third kappa shape index (κ3) is 5.63. The molecule has 0 saturated heterocycles. The van der Waals surface area contributed by atoms with Gasteiger partial charge in [-0.15, -0.1) is 0 Å². The predicted molar refractivity (Wildman–Crippen MR) is 70.1 cm³/mol. The number of unbranched alkanes of at least 4 members (excludes halogenated alkanes) is 1. The molecule has 0 bridgehead atoms. The van der Waals surface area contributed by atoms with Crippen LogP contribution in [0.1, 0.15) is 39.5 Å². The molecule has 4 heteroatoms. The summed E-state index contributed by atoms with van der Waals surface area (Å²) < 4.78 is 1.67. The van der Waals surface area contributed by atoms with Gasteiger partial charge in [0.2, 0.25) is 0 Å². The van der Waals surface area contributed by atoms with Gasteiger partial charge in [0.15, 0.2) is 0 Å². The van der Waals surface area contributed by atoms with Crippen molar-refractivity contribution in [2.45, 2.75) is 52.1 Å². The van der Waals surface area contributed by atoms with Crippen molar-refractivity contribution in [2.75, 3.05) is 6.54 Å². The van der Waals surface area contributed by atoms with Gasteiger partial charge in [0.05, 0.1) is 6.33 Å². The van der Waals surface area contributed by atoms with Gasteiger partial charge in [-0.05, 0) is 32.7 Å². The Labute approximate surface area is 103 Å². The minimum absolute atomic E-state index is 0.0390. The summed E-state index contributed by atoms with van der Waals surface area (Å²) in [7, 11) is 0. The molecule has 0 amide bonds. The molecule has 1 N–H and O–H groups in total. The highest BCUT2D eigenvalue weighted by Gasteiger charge is 2.00. The Morgan fingerprint density at radius 2 is 2.29 bits per heavy atom. The quantitative estimate of drug-likeness (QED) is 0.701. The van der Waals surface area contributed by atoms with Gasteiger partial charge in [-0.3, -0.25) is 9.36 Å². The second-order valence-electron chi connectivity index (χ2n) is 4.46. The first kappa shape index (κ1) is 13.9. The van der Waals surface area contributed by atoms with E-state index in [0.717, 1.165) is 32.4 Å². The number of nitrogens with zero attached hydrogens (tertiary/aromatic N) is 2. The molecule has 1 aromatic heterocycles. The summed E-state index contributed by atoms with van der Waals surface area (Å²) in [5.74, 6) is 0. The van der Waals surface area contributed by atoms with Gasteiger partial charge in [0.1, 0.15) is 0 Å². The lowest BCUT2D eigenvalue weighted by molar-refractivity contribution is 0.472. The predicted octanol–water partition coefficient (Wildman–Crippen LogP) is 1.80. The van der Waals surface area contributed by atoms with Gasteiger partial charge < -0.3 is 5.32 Å². The molecular weight excluding hydrogens is 214 g/mol. The lowest BCUT2D eigenvalue weighted by Crippen LogP contribution is -2.26. The van der Waals surface area contributed by atoms with Crippen LogP contribution < -0.4 is 10.9 Å². The number of aromatic nitrogens is 2. The molecule has 0 radical (unpaired) electrons. The maximum Gasteiger partial charge on any atom is 0.253 e. The van der Waals surface area contributed by atoms with Crippen LogP contribution in [0.3, 0.4) is 0 Å². The highest BCUT2D eigenvalue weighted by molar-refractivity contribution is 4.81.